The van der Waals surface area contributed by atoms with Gasteiger partial charge in [-0.3, -0.25) is 9.59 Å². The van der Waals surface area contributed by atoms with Gasteiger partial charge in [0, 0.05) is 0 Å². The lowest BCUT2D eigenvalue weighted by Gasteiger charge is -2.14. The summed E-state index contributed by atoms with van der Waals surface area (Å²) in [7, 11) is 0. The first-order valence-corrected chi connectivity index (χ1v) is 8.14. The quantitative estimate of drug-likeness (QED) is 0.793. The minimum atomic E-state index is -0.317. The molecule has 2 aromatic carbocycles. The predicted molar refractivity (Wildman–Crippen MR) is 96.3 cm³/mol. The number of carbonyl (C=O) groups is 1. The number of nitrogens with zero attached hydrogens (tertiary/aromatic N) is 3. The Morgan fingerprint density at radius 3 is 2.52 bits per heavy atom. The summed E-state index contributed by atoms with van der Waals surface area (Å²) in [4.78, 5) is 24.7. The summed E-state index contributed by atoms with van der Waals surface area (Å²) in [5, 5.41) is 11.2. The molecule has 0 radical (unpaired) electrons. The number of aryl methyl sites for hydroxylation is 2. The Kier molecular flexibility index (Phi) is 4.61. The summed E-state index contributed by atoms with van der Waals surface area (Å²) in [6.07, 6.45) is 0. The molecule has 0 aliphatic heterocycles. The molecule has 1 amide bonds. The van der Waals surface area contributed by atoms with E-state index in [9.17, 15) is 9.59 Å². The molecule has 0 fully saturated rings. The Balaban J connectivity index is 1.75. The molecule has 3 rings (SSSR count). The van der Waals surface area contributed by atoms with Crippen LogP contribution in [0.15, 0.2) is 47.3 Å². The number of fused-ring (bicyclic) bond motifs is 1. The Bertz CT molecular complexity index is 977. The fraction of sp³-hybridized carbons (Fsp3) is 0.263. The van der Waals surface area contributed by atoms with E-state index >= 15 is 0 Å². The van der Waals surface area contributed by atoms with Crippen molar-refractivity contribution < 1.29 is 4.79 Å². The second-order valence-electron chi connectivity index (χ2n) is 6.27. The van der Waals surface area contributed by atoms with Crippen molar-refractivity contribution in [2.45, 2.75) is 33.4 Å². The van der Waals surface area contributed by atoms with Crippen molar-refractivity contribution in [1.29, 1.82) is 0 Å². The van der Waals surface area contributed by atoms with E-state index in [1.807, 2.05) is 51.1 Å². The number of rotatable bonds is 4. The molecule has 0 unspecified atom stereocenters. The van der Waals surface area contributed by atoms with Crippen molar-refractivity contribution in [3.8, 4) is 0 Å². The summed E-state index contributed by atoms with van der Waals surface area (Å²) in [5.74, 6) is -0.282. The molecule has 6 nitrogen and oxygen atoms in total. The highest BCUT2D eigenvalue weighted by molar-refractivity contribution is 5.79. The molecule has 6 heteroatoms. The molecule has 3 aromatic rings. The van der Waals surface area contributed by atoms with Gasteiger partial charge in [0.1, 0.15) is 12.1 Å². The normalized spacial score (nSPS) is 12.1. The van der Waals surface area contributed by atoms with Gasteiger partial charge in [-0.15, -0.1) is 5.10 Å². The van der Waals surface area contributed by atoms with E-state index in [1.165, 1.54) is 0 Å². The largest absolute Gasteiger partial charge is 0.348 e. The van der Waals surface area contributed by atoms with E-state index in [-0.39, 0.29) is 24.1 Å². The van der Waals surface area contributed by atoms with Crippen LogP contribution in [0.25, 0.3) is 10.9 Å². The third-order valence-electron chi connectivity index (χ3n) is 4.13. The van der Waals surface area contributed by atoms with Gasteiger partial charge in [0.2, 0.25) is 5.91 Å². The average molecular weight is 336 g/mol. The maximum absolute atomic E-state index is 12.4. The Morgan fingerprint density at radius 2 is 1.80 bits per heavy atom. The molecule has 1 N–H and O–H groups in total. The first-order chi connectivity index (χ1) is 11.9. The highest BCUT2D eigenvalue weighted by Crippen LogP contribution is 2.13. The van der Waals surface area contributed by atoms with Crippen LogP contribution in [0.5, 0.6) is 0 Å². The first kappa shape index (κ1) is 16.8. The Labute approximate surface area is 145 Å². The fourth-order valence-electron chi connectivity index (χ4n) is 2.65. The van der Waals surface area contributed by atoms with Gasteiger partial charge in [-0.05, 0) is 44.0 Å². The molecule has 0 bridgehead atoms. The number of aromatic nitrogens is 3. The summed E-state index contributed by atoms with van der Waals surface area (Å²) >= 11 is 0. The van der Waals surface area contributed by atoms with Crippen molar-refractivity contribution in [1.82, 2.24) is 20.3 Å². The van der Waals surface area contributed by atoms with E-state index in [4.69, 9.17) is 0 Å². The molecule has 0 spiro atoms. The third kappa shape index (κ3) is 3.74. The van der Waals surface area contributed by atoms with Gasteiger partial charge in [0.05, 0.1) is 11.4 Å². The lowest BCUT2D eigenvalue weighted by Crippen LogP contribution is -2.35. The summed E-state index contributed by atoms with van der Waals surface area (Å²) in [6, 6.07) is 13.2. The van der Waals surface area contributed by atoms with Crippen molar-refractivity contribution in [3.63, 3.8) is 0 Å². The molecule has 0 saturated carbocycles. The molecular formula is C19H20N4O2. The Hall–Kier alpha value is -3.02. The fourth-order valence-corrected chi connectivity index (χ4v) is 2.65. The second-order valence-corrected chi connectivity index (χ2v) is 6.27. The van der Waals surface area contributed by atoms with Crippen molar-refractivity contribution >= 4 is 16.8 Å². The summed E-state index contributed by atoms with van der Waals surface area (Å²) < 4.78 is 1.09. The summed E-state index contributed by atoms with van der Waals surface area (Å²) in [6.45, 7) is 5.68. The molecule has 128 valence electrons. The van der Waals surface area contributed by atoms with Gasteiger partial charge >= 0.3 is 0 Å². The van der Waals surface area contributed by atoms with Crippen LogP contribution < -0.4 is 10.9 Å². The van der Waals surface area contributed by atoms with Gasteiger partial charge in [0.15, 0.2) is 0 Å². The standard InChI is InChI=1S/C19H20N4O2/c1-12-4-7-15(8-5-12)14(3)20-18(24)11-23-19(25)16-9-6-13(2)10-17(16)21-22-23/h4-10,14H,11H2,1-3H3,(H,20,24)/t14-/m0/s1. The van der Waals surface area contributed by atoms with Crippen LogP contribution in [-0.4, -0.2) is 20.9 Å². The number of carbonyl (C=O) groups excluding carboxylic acids is 1. The molecule has 0 saturated heterocycles. The van der Waals surface area contributed by atoms with Crippen molar-refractivity contribution in [2.75, 3.05) is 0 Å². The van der Waals surface area contributed by atoms with Gasteiger partial charge in [0.25, 0.3) is 5.56 Å². The van der Waals surface area contributed by atoms with Crippen LogP contribution in [0.4, 0.5) is 0 Å². The van der Waals surface area contributed by atoms with E-state index in [0.717, 1.165) is 21.4 Å². The van der Waals surface area contributed by atoms with Crippen LogP contribution in [0.3, 0.4) is 0 Å². The van der Waals surface area contributed by atoms with Crippen molar-refractivity contribution in [2.24, 2.45) is 0 Å². The number of hydrogen-bond donors (Lipinski definition) is 1. The number of nitrogens with one attached hydrogen (secondary N) is 1. The summed E-state index contributed by atoms with van der Waals surface area (Å²) in [5.41, 5.74) is 3.39. The van der Waals surface area contributed by atoms with Crippen LogP contribution >= 0.6 is 0 Å². The number of hydrogen-bond acceptors (Lipinski definition) is 4. The zero-order chi connectivity index (χ0) is 18.0. The molecule has 25 heavy (non-hydrogen) atoms. The van der Waals surface area contributed by atoms with E-state index in [2.05, 4.69) is 15.6 Å². The molecule has 1 aromatic heterocycles. The minimum absolute atomic E-state index is 0.153. The van der Waals surface area contributed by atoms with Crippen LogP contribution in [0, 0.1) is 13.8 Å². The van der Waals surface area contributed by atoms with Gasteiger partial charge in [-0.25, -0.2) is 4.68 Å². The number of amides is 1. The highest BCUT2D eigenvalue weighted by Gasteiger charge is 2.13. The average Bonchev–Trinajstić information content (AvgIpc) is 2.58. The molecule has 1 heterocycles. The Morgan fingerprint density at radius 1 is 1.12 bits per heavy atom. The zero-order valence-corrected chi connectivity index (χ0v) is 14.5. The smallest absolute Gasteiger partial charge is 0.278 e. The topological polar surface area (TPSA) is 76.9 Å². The van der Waals surface area contributed by atoms with Gasteiger partial charge < -0.3 is 5.32 Å². The lowest BCUT2D eigenvalue weighted by molar-refractivity contribution is -0.122. The monoisotopic (exact) mass is 336 g/mol. The van der Waals surface area contributed by atoms with E-state index in [0.29, 0.717) is 10.9 Å². The highest BCUT2D eigenvalue weighted by atomic mass is 16.2. The minimum Gasteiger partial charge on any atom is -0.348 e. The van der Waals surface area contributed by atoms with E-state index < -0.39 is 0 Å². The number of benzene rings is 2. The van der Waals surface area contributed by atoms with Crippen LogP contribution in [0.1, 0.15) is 29.7 Å². The molecule has 0 aliphatic rings. The van der Waals surface area contributed by atoms with Gasteiger partial charge in [-0.1, -0.05) is 41.1 Å². The predicted octanol–water partition coefficient (Wildman–Crippen LogP) is 2.29. The molecule has 0 aliphatic carbocycles. The van der Waals surface area contributed by atoms with Crippen LogP contribution in [0.2, 0.25) is 0 Å². The van der Waals surface area contributed by atoms with Crippen LogP contribution in [-0.2, 0) is 11.3 Å². The lowest BCUT2D eigenvalue weighted by atomic mass is 10.1. The second kappa shape index (κ2) is 6.84. The zero-order valence-electron chi connectivity index (χ0n) is 14.5. The maximum Gasteiger partial charge on any atom is 0.278 e. The molecule has 1 atom stereocenters. The van der Waals surface area contributed by atoms with Gasteiger partial charge in [-0.2, -0.15) is 0 Å². The molecular weight excluding hydrogens is 316 g/mol. The third-order valence-corrected chi connectivity index (χ3v) is 4.13. The maximum atomic E-state index is 12.4. The van der Waals surface area contributed by atoms with E-state index in [1.54, 1.807) is 12.1 Å². The van der Waals surface area contributed by atoms with Crippen molar-refractivity contribution in [3.05, 3.63) is 69.5 Å². The first-order valence-electron chi connectivity index (χ1n) is 8.14. The SMILES string of the molecule is Cc1ccc([C@H](C)NC(=O)Cn2nnc3cc(C)ccc3c2=O)cc1.